The molecule has 0 bridgehead atoms. The third-order valence-electron chi connectivity index (χ3n) is 5.03. The van der Waals surface area contributed by atoms with Crippen LogP contribution in [0.25, 0.3) is 10.2 Å². The van der Waals surface area contributed by atoms with Crippen LogP contribution in [0.4, 0.5) is 0 Å². The van der Waals surface area contributed by atoms with Gasteiger partial charge in [-0.25, -0.2) is 4.98 Å². The first-order chi connectivity index (χ1) is 11.5. The van der Waals surface area contributed by atoms with Crippen molar-refractivity contribution in [1.29, 1.82) is 0 Å². The molecule has 0 saturated carbocycles. The predicted molar refractivity (Wildman–Crippen MR) is 115 cm³/mol. The molecule has 1 fully saturated rings. The smallest absolute Gasteiger partial charge is 0.222 e. The molecule has 1 saturated heterocycles. The van der Waals surface area contributed by atoms with Crippen LogP contribution in [0.3, 0.4) is 0 Å². The van der Waals surface area contributed by atoms with Crippen LogP contribution in [0.15, 0.2) is 24.3 Å². The number of fused-ring (bicyclic) bond motifs is 1. The molecule has 7 heteroatoms. The monoisotopic (exact) mass is 417 g/mol. The Bertz CT molecular complexity index is 687. The molecule has 26 heavy (non-hydrogen) atoms. The molecule has 1 aliphatic rings. The van der Waals surface area contributed by atoms with Crippen LogP contribution in [-0.2, 0) is 11.2 Å². The number of halogens is 2. The highest BCUT2D eigenvalue weighted by Gasteiger charge is 2.34. The van der Waals surface area contributed by atoms with E-state index in [-0.39, 0.29) is 42.2 Å². The molecule has 4 nitrogen and oxygen atoms in total. The number of hydrogen-bond acceptors (Lipinski definition) is 4. The molecular weight excluding hydrogens is 389 g/mol. The number of hydrogen-bond donors (Lipinski definition) is 1. The second kappa shape index (κ2) is 9.88. The van der Waals surface area contributed by atoms with E-state index in [1.54, 1.807) is 11.3 Å². The molecule has 1 unspecified atom stereocenters. The highest BCUT2D eigenvalue weighted by molar-refractivity contribution is 7.18. The van der Waals surface area contributed by atoms with Gasteiger partial charge in [0.15, 0.2) is 0 Å². The first-order valence-corrected chi connectivity index (χ1v) is 9.65. The van der Waals surface area contributed by atoms with E-state index < -0.39 is 0 Å². The summed E-state index contributed by atoms with van der Waals surface area (Å²) in [6, 6.07) is 8.44. The Kier molecular flexibility index (Phi) is 8.80. The lowest BCUT2D eigenvalue weighted by Gasteiger charge is -2.42. The molecule has 146 valence electrons. The second-order valence-electron chi connectivity index (χ2n) is 7.48. The highest BCUT2D eigenvalue weighted by Crippen LogP contribution is 2.28. The minimum atomic E-state index is 0. The molecule has 2 aromatic rings. The SMILES string of the molecule is CC1(C)CN(C(=O)CCCCc2nc3ccccc3s2)CCC1N.Cl.Cl. The first kappa shape index (κ1) is 23.2. The van der Waals surface area contributed by atoms with Gasteiger partial charge in [0, 0.05) is 25.6 Å². The topological polar surface area (TPSA) is 59.2 Å². The van der Waals surface area contributed by atoms with Crippen LogP contribution in [0.1, 0.15) is 44.5 Å². The zero-order chi connectivity index (χ0) is 17.2. The van der Waals surface area contributed by atoms with Gasteiger partial charge in [-0.05, 0) is 43.2 Å². The molecule has 2 N–H and O–H groups in total. The molecule has 0 radical (unpaired) electrons. The Morgan fingerprint density at radius 2 is 2.04 bits per heavy atom. The van der Waals surface area contributed by atoms with Gasteiger partial charge in [0.25, 0.3) is 0 Å². The summed E-state index contributed by atoms with van der Waals surface area (Å²) >= 11 is 1.76. The maximum absolute atomic E-state index is 12.4. The Morgan fingerprint density at radius 3 is 2.73 bits per heavy atom. The number of carbonyl (C=O) groups is 1. The molecule has 0 aliphatic carbocycles. The van der Waals surface area contributed by atoms with Gasteiger partial charge >= 0.3 is 0 Å². The van der Waals surface area contributed by atoms with Crippen molar-refractivity contribution >= 4 is 52.3 Å². The van der Waals surface area contributed by atoms with Crippen LogP contribution >= 0.6 is 36.2 Å². The lowest BCUT2D eigenvalue weighted by atomic mass is 9.79. The third-order valence-corrected chi connectivity index (χ3v) is 6.13. The fraction of sp³-hybridized carbons (Fsp3) is 0.579. The van der Waals surface area contributed by atoms with Crippen LogP contribution in [-0.4, -0.2) is 34.9 Å². The molecule has 1 atom stereocenters. The lowest BCUT2D eigenvalue weighted by molar-refractivity contribution is -0.134. The number of aryl methyl sites for hydroxylation is 1. The number of nitrogens with two attached hydrogens (primary N) is 1. The first-order valence-electron chi connectivity index (χ1n) is 8.83. The number of aromatic nitrogens is 1. The average molecular weight is 418 g/mol. The maximum atomic E-state index is 12.4. The average Bonchev–Trinajstić information content (AvgIpc) is 2.96. The van der Waals surface area contributed by atoms with Gasteiger partial charge in [-0.3, -0.25) is 4.79 Å². The van der Waals surface area contributed by atoms with Crippen molar-refractivity contribution in [1.82, 2.24) is 9.88 Å². The van der Waals surface area contributed by atoms with E-state index in [9.17, 15) is 4.79 Å². The summed E-state index contributed by atoms with van der Waals surface area (Å²) in [5.74, 6) is 0.277. The summed E-state index contributed by atoms with van der Waals surface area (Å²) in [6.07, 6.45) is 4.45. The lowest BCUT2D eigenvalue weighted by Crippen LogP contribution is -2.53. The molecular formula is C19H29Cl2N3OS. The zero-order valence-electron chi connectivity index (χ0n) is 15.4. The van der Waals surface area contributed by atoms with Gasteiger partial charge in [-0.1, -0.05) is 26.0 Å². The van der Waals surface area contributed by atoms with E-state index in [0.29, 0.717) is 6.42 Å². The number of likely N-dealkylation sites (tertiary alicyclic amines) is 1. The van der Waals surface area contributed by atoms with E-state index >= 15 is 0 Å². The van der Waals surface area contributed by atoms with Gasteiger partial charge in [-0.2, -0.15) is 0 Å². The van der Waals surface area contributed by atoms with Crippen molar-refractivity contribution in [3.63, 3.8) is 0 Å². The number of thiazole rings is 1. The predicted octanol–water partition coefficient (Wildman–Crippen LogP) is 4.44. The minimum Gasteiger partial charge on any atom is -0.342 e. The highest BCUT2D eigenvalue weighted by atomic mass is 35.5. The summed E-state index contributed by atoms with van der Waals surface area (Å²) < 4.78 is 1.25. The quantitative estimate of drug-likeness (QED) is 0.731. The normalized spacial score (nSPS) is 18.9. The Labute approximate surface area is 172 Å². The van der Waals surface area contributed by atoms with Crippen molar-refractivity contribution in [2.75, 3.05) is 13.1 Å². The summed E-state index contributed by atoms with van der Waals surface area (Å²) in [7, 11) is 0. The van der Waals surface area contributed by atoms with Crippen LogP contribution in [0.5, 0.6) is 0 Å². The summed E-state index contributed by atoms with van der Waals surface area (Å²) in [4.78, 5) is 19.1. The van der Waals surface area contributed by atoms with E-state index in [0.717, 1.165) is 44.3 Å². The third kappa shape index (κ3) is 5.56. The number of unbranched alkanes of at least 4 members (excludes halogenated alkanes) is 1. The molecule has 1 aliphatic heterocycles. The largest absolute Gasteiger partial charge is 0.342 e. The number of benzene rings is 1. The molecule has 2 heterocycles. The van der Waals surface area contributed by atoms with E-state index in [1.165, 1.54) is 9.71 Å². The maximum Gasteiger partial charge on any atom is 0.222 e. The second-order valence-corrected chi connectivity index (χ2v) is 8.60. The standard InChI is InChI=1S/C19H27N3OS.2ClH/c1-19(2)13-22(12-11-16(19)20)18(23)10-6-5-9-17-21-14-7-3-4-8-15(14)24-17;;/h3-4,7-8,16H,5-6,9-13,20H2,1-2H3;2*1H. The molecule has 0 spiro atoms. The number of nitrogens with zero attached hydrogens (tertiary/aromatic N) is 2. The fourth-order valence-electron chi connectivity index (χ4n) is 3.32. The van der Waals surface area contributed by atoms with Crippen molar-refractivity contribution in [3.8, 4) is 0 Å². The van der Waals surface area contributed by atoms with Gasteiger partial charge in [-0.15, -0.1) is 36.2 Å². The van der Waals surface area contributed by atoms with Gasteiger partial charge < -0.3 is 10.6 Å². The van der Waals surface area contributed by atoms with Crippen LogP contribution < -0.4 is 5.73 Å². The minimum absolute atomic E-state index is 0. The fourth-order valence-corrected chi connectivity index (χ4v) is 4.33. The van der Waals surface area contributed by atoms with Gasteiger partial charge in [0.05, 0.1) is 15.2 Å². The van der Waals surface area contributed by atoms with Gasteiger partial charge in [0.1, 0.15) is 0 Å². The number of amides is 1. The molecule has 3 rings (SSSR count). The molecule has 1 aromatic heterocycles. The van der Waals surface area contributed by atoms with Crippen molar-refractivity contribution in [2.45, 2.75) is 52.0 Å². The van der Waals surface area contributed by atoms with E-state index in [2.05, 4.69) is 37.0 Å². The van der Waals surface area contributed by atoms with Crippen molar-refractivity contribution < 1.29 is 4.79 Å². The van der Waals surface area contributed by atoms with Crippen LogP contribution in [0.2, 0.25) is 0 Å². The van der Waals surface area contributed by atoms with E-state index in [4.69, 9.17) is 5.73 Å². The van der Waals surface area contributed by atoms with Crippen molar-refractivity contribution in [2.24, 2.45) is 11.1 Å². The zero-order valence-corrected chi connectivity index (χ0v) is 17.9. The Balaban J connectivity index is 0.00000169. The number of carbonyl (C=O) groups excluding carboxylic acids is 1. The van der Waals surface area contributed by atoms with Crippen molar-refractivity contribution in [3.05, 3.63) is 29.3 Å². The number of rotatable bonds is 5. The summed E-state index contributed by atoms with van der Waals surface area (Å²) in [6.45, 7) is 5.90. The number of para-hydroxylation sites is 1. The van der Waals surface area contributed by atoms with E-state index in [1.807, 2.05) is 11.0 Å². The molecule has 1 amide bonds. The van der Waals surface area contributed by atoms with Crippen LogP contribution in [0, 0.1) is 5.41 Å². The number of piperidine rings is 1. The Morgan fingerprint density at radius 1 is 1.31 bits per heavy atom. The Hall–Kier alpha value is -0.880. The summed E-state index contributed by atoms with van der Waals surface area (Å²) in [5, 5.41) is 1.17. The van der Waals surface area contributed by atoms with Gasteiger partial charge in [0.2, 0.25) is 5.91 Å². The molecule has 1 aromatic carbocycles. The summed E-state index contributed by atoms with van der Waals surface area (Å²) in [5.41, 5.74) is 7.26.